The zero-order chi connectivity index (χ0) is 92.1. The van der Waals surface area contributed by atoms with E-state index in [4.69, 9.17) is 27.4 Å². The molecule has 750 valence electrons. The zero-order valence-electron chi connectivity index (χ0n) is 56.9. The lowest BCUT2D eigenvalue weighted by Crippen LogP contribution is -1.90. The normalized spacial score (nSPS) is 8.45. The van der Waals surface area contributed by atoms with Crippen LogP contribution in [0.1, 0.15) is 5.56 Å². The fourth-order valence-electron chi connectivity index (χ4n) is 4.28. The summed E-state index contributed by atoms with van der Waals surface area (Å²) in [6.07, 6.45) is 1.97. The number of benzene rings is 3. The molecule has 1 heterocycles. The van der Waals surface area contributed by atoms with Crippen molar-refractivity contribution in [1.82, 2.24) is 4.98 Å². The molecule has 0 aliphatic heterocycles. The zero-order valence-corrected chi connectivity index (χ0v) is 143. The minimum atomic E-state index is 1.00. The van der Waals surface area contributed by atoms with Crippen LogP contribution in [0.25, 0.3) is 33.5 Å². The van der Waals surface area contributed by atoms with Crippen molar-refractivity contribution in [2.75, 3.05) is 0 Å². The Hall–Kier alpha value is 20.2. The van der Waals surface area contributed by atoms with E-state index < -0.39 is 0 Å². The lowest BCUT2D eigenvalue weighted by atomic mass is 9.99. The number of hydrogen-bond donors (Lipinski definition) is 0. The van der Waals surface area contributed by atoms with Crippen molar-refractivity contribution in [3.05, 3.63) is 101 Å². The van der Waals surface area contributed by atoms with Crippen molar-refractivity contribution >= 4 is 944 Å². The minimum absolute atomic E-state index is 1.00. The van der Waals surface area contributed by atoms with Crippen molar-refractivity contribution in [2.45, 2.75) is 6.92 Å². The summed E-state index contributed by atoms with van der Waals surface area (Å²) in [4.78, 5) is 4.70. The predicted octanol–water partition coefficient (Wildman–Crippen LogP) is 6.90. The highest BCUT2D eigenvalue weighted by atomic mass is 79.9. The Morgan fingerprint density at radius 1 is 0.169 bits per heavy atom. The number of aryl methyl sites for hydroxylation is 1. The molecular formula is C24H18BrNS104. The van der Waals surface area contributed by atoms with Gasteiger partial charge in [0.15, 0.2) is 0 Å². The van der Waals surface area contributed by atoms with Gasteiger partial charge in [0.2, 0.25) is 0 Å². The Balaban J connectivity index is 0.00000140. The summed E-state index contributed by atoms with van der Waals surface area (Å²) in [6, 6.07) is 29.4. The molecule has 0 N–H and O–H groups in total. The number of aromatic nitrogens is 1. The highest BCUT2D eigenvalue weighted by Crippen LogP contribution is 2.31. The van der Waals surface area contributed by atoms with Crippen LogP contribution in [0.4, 0.5) is 0 Å². The molecule has 0 radical (unpaired) electrons. The van der Waals surface area contributed by atoms with Crippen LogP contribution in [0.5, 0.6) is 0 Å². The molecule has 106 heteroatoms. The van der Waals surface area contributed by atoms with Crippen LogP contribution < -0.4 is 0 Å². The lowest BCUT2D eigenvalue weighted by Gasteiger charge is -2.09. The van der Waals surface area contributed by atoms with Gasteiger partial charge in [0.1, 0.15) is 0 Å². The van der Waals surface area contributed by atoms with E-state index in [9.17, 15) is 0 Å². The van der Waals surface area contributed by atoms with Gasteiger partial charge in [0.05, 0.1) is 5.69 Å². The first-order valence-corrected chi connectivity index (χ1v) is 164. The summed E-state index contributed by atoms with van der Waals surface area (Å²) in [7, 11) is 185. The maximum Gasteiger partial charge on any atom is 0.0705 e. The van der Waals surface area contributed by atoms with Crippen LogP contribution in [0, 0.1) is 6.92 Å². The smallest absolute Gasteiger partial charge is 0.0705 e. The predicted molar refractivity (Wildman–Crippen MR) is 879 cm³/mol. The van der Waals surface area contributed by atoms with Crippen LogP contribution in [0.3, 0.4) is 0 Å². The molecule has 0 fully saturated rings. The average Bonchev–Trinajstić information content (AvgIpc) is 0.812. The highest BCUT2D eigenvalue weighted by Gasteiger charge is 2.07. The van der Waals surface area contributed by atoms with Crippen molar-refractivity contribution in [1.29, 1.82) is 0 Å². The van der Waals surface area contributed by atoms with Gasteiger partial charge in [-0.1, -0.05) is 88.7 Å². The molecule has 130 heavy (non-hydrogen) atoms. The quantitative estimate of drug-likeness (QED) is 0.222. The van der Waals surface area contributed by atoms with E-state index in [-0.39, 0.29) is 0 Å². The van der Waals surface area contributed by atoms with Gasteiger partial charge in [-0.2, -0.15) is 0 Å². The molecule has 0 atom stereocenters. The molecular weight excluding hydrogens is 3720 g/mol. The van der Waals surface area contributed by atoms with Gasteiger partial charge in [-0.3, -0.25) is 4.98 Å². The molecule has 3 aromatic carbocycles. The Morgan fingerprint density at radius 3 is 0.477 bits per heavy atom. The SMILES string of the molecule is Cc1cc(-c2ccc(-c3ccccc3Br)cc2)ncc1-c1ccccc1.S=S=S=S=S=S=S=S=S=S=S=S=S=S=S=S=S=S=S=S=S=S=S=S=S=S=S=S=S=S=S=S=S=S=S=S=S=S=S=S=S=S=S=S=S=S=S=S=S=S=S=S=S=S=S=S=S=S=S=S=S=S=S=S=S=S=S=S=S=S=S=S=S=S=S=S=S=S=S=S=S=S=S=S=S=S=S=S=S=S=S=S=S=S=S=S=S=S=S=S=S=S=S=S. The Kier molecular flexibility index (Phi) is 138. The molecule has 0 spiro atoms. The summed E-state index contributed by atoms with van der Waals surface area (Å²) < 4.78 is 1.11. The number of halogens is 1. The topological polar surface area (TPSA) is 12.9 Å². The first kappa shape index (κ1) is 144. The van der Waals surface area contributed by atoms with Crippen molar-refractivity contribution in [3.63, 3.8) is 0 Å². The third-order valence-corrected chi connectivity index (χ3v) is 233. The summed E-state index contributed by atoms with van der Waals surface area (Å²) in [6.45, 7) is 2.14. The van der Waals surface area contributed by atoms with Crippen LogP contribution in [0.2, 0.25) is 0 Å². The molecule has 4 rings (SSSR count). The lowest BCUT2D eigenvalue weighted by molar-refractivity contribution is 1.29. The van der Waals surface area contributed by atoms with E-state index in [1.54, 1.807) is 107 Å². The maximum atomic E-state index is 4.83. The largest absolute Gasteiger partial charge is 0.256 e. The standard InChI is InChI=1S/C24H18BrN.S104/c1-17-15-24(26-16-22(17)18-7-3-2-4-8-18)20-13-11-19(12-14-20)21-9-5-6-10-23(21)25;1-3-5-7-9-11-13-15-17-19-21-23-25-27-29-31-33-35-37-39-41-43-45-47-49-51-53-55-57-59-61-63-65-67-69-71-73-75-77-79-81-83-85-87-89-91-93-95-97-99-101-103-104-102-100-98-96-94-92-90-88-86-84-82-80-78-76-74-72-70-68-66-64-62-60-58-56-54-52-50-48-46-44-42-40-38-36-34-32-30-28-26-24-22-20-18-16-14-12-10-8-6-4-2/h2-16H,1H3;. The van der Waals surface area contributed by atoms with E-state index in [2.05, 4.69) is 95.7 Å². The first-order chi connectivity index (χ1) is 64.6. The van der Waals surface area contributed by atoms with E-state index >= 15 is 0 Å². The Morgan fingerprint density at radius 2 is 0.315 bits per heavy atom. The first-order valence-electron chi connectivity index (χ1n) is 25.8. The van der Waals surface area contributed by atoms with E-state index in [1.165, 1.54) is 45.6 Å². The van der Waals surface area contributed by atoms with Gasteiger partial charge in [-0.05, 0) is 41.3 Å². The number of rotatable bonds is 3. The van der Waals surface area contributed by atoms with Gasteiger partial charge < -0.3 is 0 Å². The van der Waals surface area contributed by atoms with E-state index in [1.807, 2.05) is 800 Å². The van der Waals surface area contributed by atoms with Gasteiger partial charge in [-0.25, -0.2) is 0 Å². The second-order valence-electron chi connectivity index (χ2n) is 13.2. The minimum Gasteiger partial charge on any atom is -0.256 e. The second-order valence-corrected chi connectivity index (χ2v) is 195. The molecule has 0 bridgehead atoms. The number of pyridine rings is 1. The summed E-state index contributed by atoms with van der Waals surface area (Å²) in [5.74, 6) is 0. The number of nitrogens with zero attached hydrogens (tertiary/aromatic N) is 1. The van der Waals surface area contributed by atoms with Crippen molar-refractivity contribution < 1.29 is 0 Å². The summed E-state index contributed by atoms with van der Waals surface area (Å²) in [5, 5.41) is 0. The average molecular weight is 3740 g/mol. The summed E-state index contributed by atoms with van der Waals surface area (Å²) in [5.41, 5.74) is 8.13. The van der Waals surface area contributed by atoms with Gasteiger partial charge in [0, 0.05) is 950 Å². The fourth-order valence-corrected chi connectivity index (χ4v) is 279. The third-order valence-electron chi connectivity index (χ3n) is 7.37. The third kappa shape index (κ3) is 105. The Labute approximate surface area is 1060 Å². The van der Waals surface area contributed by atoms with Crippen molar-refractivity contribution in [2.24, 2.45) is 0 Å². The van der Waals surface area contributed by atoms with Crippen LogP contribution in [-0.4, -0.2) is 4.98 Å². The molecule has 0 aliphatic rings. The molecule has 4 aromatic rings. The fraction of sp³-hybridized carbons (Fsp3) is 0.0417. The van der Waals surface area contributed by atoms with Crippen LogP contribution >= 0.6 is 15.9 Å². The molecule has 0 amide bonds. The van der Waals surface area contributed by atoms with Crippen LogP contribution in [-0.2, 0) is 928 Å². The molecule has 0 aliphatic carbocycles. The molecule has 1 aromatic heterocycles. The maximum absolute atomic E-state index is 4.83. The van der Waals surface area contributed by atoms with Gasteiger partial charge in [-0.15, -0.1) is 0 Å². The second kappa shape index (κ2) is 125. The molecule has 0 saturated heterocycles. The van der Waals surface area contributed by atoms with E-state index in [0.717, 1.165) is 15.7 Å². The van der Waals surface area contributed by atoms with Gasteiger partial charge in [0.25, 0.3) is 0 Å². The monoisotopic (exact) mass is 3720 g/mol. The van der Waals surface area contributed by atoms with E-state index in [0.29, 0.717) is 0 Å². The Bertz CT molecular complexity index is 9690. The molecule has 1 nitrogen and oxygen atoms in total. The molecule has 0 saturated carbocycles. The summed E-state index contributed by atoms with van der Waals surface area (Å²) >= 11 is 13.3. The van der Waals surface area contributed by atoms with Gasteiger partial charge >= 0.3 is 0 Å². The van der Waals surface area contributed by atoms with Crippen molar-refractivity contribution in [3.8, 4) is 33.5 Å². The highest BCUT2D eigenvalue weighted by molar-refractivity contribution is 9.10. The number of hydrogen-bond acceptors (Lipinski definition) is 3. The molecule has 0 unspecified atom stereocenters. The van der Waals surface area contributed by atoms with Crippen LogP contribution in [0.15, 0.2) is 95.6 Å².